The van der Waals surface area contributed by atoms with Crippen LogP contribution in [0.5, 0.6) is 0 Å². The van der Waals surface area contributed by atoms with E-state index in [2.05, 4.69) is 11.4 Å². The molecule has 0 heterocycles. The van der Waals surface area contributed by atoms with Gasteiger partial charge in [-0.05, 0) is 6.42 Å². The first-order valence-electron chi connectivity index (χ1n) is 10.9. The maximum atomic E-state index is 11.6. The van der Waals surface area contributed by atoms with Gasteiger partial charge in [-0.2, -0.15) is 0 Å². The van der Waals surface area contributed by atoms with E-state index in [1.54, 1.807) is 0 Å². The van der Waals surface area contributed by atoms with E-state index in [4.69, 9.17) is 19.6 Å². The quantitative estimate of drug-likeness (QED) is 0.145. The van der Waals surface area contributed by atoms with Crippen molar-refractivity contribution in [3.8, 4) is 0 Å². The number of carbonyl (C=O) groups excluding carboxylic acids is 1. The van der Waals surface area contributed by atoms with E-state index in [1.807, 2.05) is 0 Å². The lowest BCUT2D eigenvalue weighted by Gasteiger charge is -2.15. The number of phosphoric acid groups is 1. The molecule has 0 rings (SSSR count). The van der Waals surface area contributed by atoms with Crippen molar-refractivity contribution in [2.45, 2.75) is 109 Å². The van der Waals surface area contributed by atoms with Crippen molar-refractivity contribution in [1.29, 1.82) is 0 Å². The molecule has 0 aromatic heterocycles. The van der Waals surface area contributed by atoms with Gasteiger partial charge in [0.05, 0.1) is 6.61 Å². The summed E-state index contributed by atoms with van der Waals surface area (Å²) in [6.45, 7) is 1.25. The van der Waals surface area contributed by atoms with Crippen molar-refractivity contribution in [1.82, 2.24) is 0 Å². The van der Waals surface area contributed by atoms with E-state index in [0.29, 0.717) is 0 Å². The first-order chi connectivity index (χ1) is 13.4. The monoisotopic (exact) mass is 424 g/mol. The SMILES string of the molecule is CCCCCCCCCCCCCCCCC(=O)OCC(CO)OP(=O)(O)O. The summed E-state index contributed by atoms with van der Waals surface area (Å²) in [5, 5.41) is 8.95. The van der Waals surface area contributed by atoms with Gasteiger partial charge in [-0.3, -0.25) is 9.32 Å². The van der Waals surface area contributed by atoms with Gasteiger partial charge in [-0.25, -0.2) is 4.57 Å². The molecule has 0 amide bonds. The second kappa shape index (κ2) is 18.6. The Hall–Kier alpha value is -0.460. The summed E-state index contributed by atoms with van der Waals surface area (Å²) in [4.78, 5) is 28.9. The van der Waals surface area contributed by atoms with Gasteiger partial charge in [0.15, 0.2) is 0 Å². The summed E-state index contributed by atoms with van der Waals surface area (Å²) in [5.41, 5.74) is 0. The topological polar surface area (TPSA) is 113 Å². The van der Waals surface area contributed by atoms with Crippen LogP contribution < -0.4 is 0 Å². The summed E-state index contributed by atoms with van der Waals surface area (Å²) in [7, 11) is -4.70. The fourth-order valence-corrected chi connectivity index (χ4v) is 3.55. The Kier molecular flexibility index (Phi) is 18.3. The van der Waals surface area contributed by atoms with Crippen molar-refractivity contribution >= 4 is 13.8 Å². The number of ether oxygens (including phenoxy) is 1. The number of aliphatic hydroxyl groups excluding tert-OH is 1. The minimum absolute atomic E-state index is 0.270. The fourth-order valence-electron chi connectivity index (χ4n) is 3.03. The van der Waals surface area contributed by atoms with E-state index in [-0.39, 0.29) is 13.0 Å². The Morgan fingerprint density at radius 2 is 1.25 bits per heavy atom. The molecule has 168 valence electrons. The van der Waals surface area contributed by atoms with E-state index in [0.717, 1.165) is 19.3 Å². The Morgan fingerprint density at radius 1 is 0.821 bits per heavy atom. The van der Waals surface area contributed by atoms with Gasteiger partial charge in [-0.15, -0.1) is 0 Å². The highest BCUT2D eigenvalue weighted by Crippen LogP contribution is 2.37. The van der Waals surface area contributed by atoms with Crippen molar-refractivity contribution in [2.75, 3.05) is 13.2 Å². The van der Waals surface area contributed by atoms with Gasteiger partial charge < -0.3 is 19.6 Å². The average Bonchev–Trinajstić information content (AvgIpc) is 2.64. The molecule has 0 aromatic carbocycles. The molecule has 0 radical (unpaired) electrons. The van der Waals surface area contributed by atoms with E-state index in [1.165, 1.54) is 70.6 Å². The van der Waals surface area contributed by atoms with Crippen LogP contribution in [0.15, 0.2) is 0 Å². The minimum Gasteiger partial charge on any atom is -0.463 e. The van der Waals surface area contributed by atoms with Gasteiger partial charge in [0.2, 0.25) is 0 Å². The predicted octanol–water partition coefficient (Wildman–Crippen LogP) is 4.87. The van der Waals surface area contributed by atoms with Crippen molar-refractivity contribution in [3.05, 3.63) is 0 Å². The molecule has 0 bridgehead atoms. The lowest BCUT2D eigenvalue weighted by molar-refractivity contribution is -0.147. The highest BCUT2D eigenvalue weighted by molar-refractivity contribution is 7.46. The van der Waals surface area contributed by atoms with Crippen LogP contribution in [0.4, 0.5) is 0 Å². The van der Waals surface area contributed by atoms with Gasteiger partial charge in [0, 0.05) is 6.42 Å². The number of aliphatic hydroxyl groups is 1. The molecule has 28 heavy (non-hydrogen) atoms. The zero-order chi connectivity index (χ0) is 21.1. The van der Waals surface area contributed by atoms with E-state index < -0.39 is 26.5 Å². The highest BCUT2D eigenvalue weighted by Gasteiger charge is 2.22. The molecule has 0 aromatic rings. The molecule has 0 saturated carbocycles. The van der Waals surface area contributed by atoms with Crippen LogP contribution in [0.25, 0.3) is 0 Å². The number of esters is 1. The third kappa shape index (κ3) is 20.3. The number of hydrogen-bond donors (Lipinski definition) is 3. The molecule has 0 spiro atoms. The Bertz CT molecular complexity index is 411. The van der Waals surface area contributed by atoms with Crippen molar-refractivity contribution < 1.29 is 33.5 Å². The first kappa shape index (κ1) is 27.5. The van der Waals surface area contributed by atoms with Crippen molar-refractivity contribution in [2.24, 2.45) is 0 Å². The summed E-state index contributed by atoms with van der Waals surface area (Å²) in [6, 6.07) is 0. The van der Waals surface area contributed by atoms with Crippen LogP contribution in [0, 0.1) is 0 Å². The maximum absolute atomic E-state index is 11.6. The van der Waals surface area contributed by atoms with Crippen molar-refractivity contribution in [3.63, 3.8) is 0 Å². The van der Waals surface area contributed by atoms with Crippen LogP contribution in [-0.4, -0.2) is 40.2 Å². The number of hydrogen-bond acceptors (Lipinski definition) is 5. The van der Waals surface area contributed by atoms with Gasteiger partial charge in [-0.1, -0.05) is 90.4 Å². The standard InChI is InChI=1S/C20H41O7P/c1-2-3-4-5-6-7-8-9-10-11-12-13-14-15-16-20(22)26-18-19(17-21)27-28(23,24)25/h19,21H,2-18H2,1H3,(H2,23,24,25). The maximum Gasteiger partial charge on any atom is 0.470 e. The molecule has 3 N–H and O–H groups in total. The molecule has 0 saturated heterocycles. The Morgan fingerprint density at radius 3 is 1.64 bits per heavy atom. The second-order valence-corrected chi connectivity index (χ2v) is 8.62. The fraction of sp³-hybridized carbons (Fsp3) is 0.950. The van der Waals surface area contributed by atoms with Gasteiger partial charge in [0.25, 0.3) is 0 Å². The minimum atomic E-state index is -4.70. The molecular weight excluding hydrogens is 383 g/mol. The number of unbranched alkanes of at least 4 members (excludes halogenated alkanes) is 13. The molecule has 1 unspecified atom stereocenters. The zero-order valence-electron chi connectivity index (χ0n) is 17.5. The number of rotatable bonds is 20. The number of phosphoric ester groups is 1. The average molecular weight is 425 g/mol. The zero-order valence-corrected chi connectivity index (χ0v) is 18.4. The summed E-state index contributed by atoms with van der Waals surface area (Å²) in [5.74, 6) is -0.438. The Labute approximate surface area is 170 Å². The third-order valence-electron chi connectivity index (χ3n) is 4.65. The first-order valence-corrected chi connectivity index (χ1v) is 12.4. The highest BCUT2D eigenvalue weighted by atomic mass is 31.2. The molecule has 0 aliphatic carbocycles. The van der Waals surface area contributed by atoms with Crippen LogP contribution in [0.2, 0.25) is 0 Å². The van der Waals surface area contributed by atoms with Gasteiger partial charge in [0.1, 0.15) is 12.7 Å². The molecule has 1 atom stereocenters. The van der Waals surface area contributed by atoms with Crippen LogP contribution >= 0.6 is 7.82 Å². The van der Waals surface area contributed by atoms with E-state index >= 15 is 0 Å². The smallest absolute Gasteiger partial charge is 0.463 e. The molecule has 0 aliphatic heterocycles. The van der Waals surface area contributed by atoms with Crippen LogP contribution in [0.3, 0.4) is 0 Å². The summed E-state index contributed by atoms with van der Waals surface area (Å²) < 4.78 is 19.9. The normalized spacial score (nSPS) is 12.9. The molecular formula is C20H41O7P. The van der Waals surface area contributed by atoms with Crippen LogP contribution in [-0.2, 0) is 18.6 Å². The predicted molar refractivity (Wildman–Crippen MR) is 110 cm³/mol. The molecule has 0 aliphatic rings. The molecule has 7 nitrogen and oxygen atoms in total. The Balaban J connectivity index is 3.39. The number of carbonyl (C=O) groups is 1. The van der Waals surface area contributed by atoms with Gasteiger partial charge >= 0.3 is 13.8 Å². The molecule has 8 heteroatoms. The largest absolute Gasteiger partial charge is 0.470 e. The lowest BCUT2D eigenvalue weighted by Crippen LogP contribution is -2.24. The third-order valence-corrected chi connectivity index (χ3v) is 5.23. The lowest BCUT2D eigenvalue weighted by atomic mass is 10.0. The van der Waals surface area contributed by atoms with Crippen LogP contribution in [0.1, 0.15) is 103 Å². The summed E-state index contributed by atoms with van der Waals surface area (Å²) >= 11 is 0. The molecule has 0 fully saturated rings. The second-order valence-electron chi connectivity index (χ2n) is 7.43. The summed E-state index contributed by atoms with van der Waals surface area (Å²) in [6.07, 6.45) is 16.4. The van der Waals surface area contributed by atoms with E-state index in [9.17, 15) is 9.36 Å².